The number of allylic oxidation sites excluding steroid dienone is 1. The van der Waals surface area contributed by atoms with Crippen LogP contribution in [0.1, 0.15) is 23.6 Å². The molecule has 1 unspecified atom stereocenters. The molecule has 2 heterocycles. The molecule has 0 bridgehead atoms. The van der Waals surface area contributed by atoms with Crippen molar-refractivity contribution in [3.63, 3.8) is 0 Å². The maximum Gasteiger partial charge on any atom is 0.199 e. The highest BCUT2D eigenvalue weighted by Gasteiger charge is 2.26. The standard InChI is InChI=1S/C21H23N5S/c1-3-13-25-20(17-8-6-12-22-14-17)23-26(21(25)27)15-24(2)19-11-10-16-7-4-5-9-18(16)19/h3-9,12,14,19H,1,10-11,13,15H2,2H3. The van der Waals surface area contributed by atoms with Gasteiger partial charge in [0.05, 0.1) is 6.67 Å². The molecule has 0 spiro atoms. The van der Waals surface area contributed by atoms with Crippen LogP contribution in [-0.2, 0) is 19.6 Å². The average molecular weight is 378 g/mol. The van der Waals surface area contributed by atoms with Crippen molar-refractivity contribution in [1.82, 2.24) is 24.2 Å². The summed E-state index contributed by atoms with van der Waals surface area (Å²) in [6.07, 6.45) is 7.68. The molecule has 0 fully saturated rings. The minimum absolute atomic E-state index is 0.398. The number of hydrogen-bond acceptors (Lipinski definition) is 4. The van der Waals surface area contributed by atoms with E-state index in [0.717, 1.165) is 24.2 Å². The second-order valence-electron chi connectivity index (χ2n) is 6.90. The van der Waals surface area contributed by atoms with Gasteiger partial charge in [-0.1, -0.05) is 30.3 Å². The Hall–Kier alpha value is -2.57. The third-order valence-electron chi connectivity index (χ3n) is 5.14. The fourth-order valence-electron chi connectivity index (χ4n) is 3.84. The molecular formula is C21H23N5S. The van der Waals surface area contributed by atoms with Gasteiger partial charge >= 0.3 is 0 Å². The Bertz CT molecular complexity index is 1000. The van der Waals surface area contributed by atoms with Crippen LogP contribution in [0.5, 0.6) is 0 Å². The van der Waals surface area contributed by atoms with E-state index in [4.69, 9.17) is 17.3 Å². The number of hydrogen-bond donors (Lipinski definition) is 0. The molecular weight excluding hydrogens is 354 g/mol. The summed E-state index contributed by atoms with van der Waals surface area (Å²) in [5.74, 6) is 0.827. The first kappa shape index (κ1) is 17.8. The molecule has 6 heteroatoms. The van der Waals surface area contributed by atoms with E-state index < -0.39 is 0 Å². The van der Waals surface area contributed by atoms with Crippen LogP contribution in [0.4, 0.5) is 0 Å². The van der Waals surface area contributed by atoms with Gasteiger partial charge in [-0.3, -0.25) is 14.5 Å². The molecule has 4 rings (SSSR count). The number of benzene rings is 1. The molecule has 0 radical (unpaired) electrons. The van der Waals surface area contributed by atoms with E-state index in [1.807, 2.05) is 33.7 Å². The van der Waals surface area contributed by atoms with E-state index in [9.17, 15) is 0 Å². The van der Waals surface area contributed by atoms with Crippen LogP contribution in [0.25, 0.3) is 11.4 Å². The minimum atomic E-state index is 0.398. The molecule has 0 saturated heterocycles. The lowest BCUT2D eigenvalue weighted by molar-refractivity contribution is 0.182. The number of aromatic nitrogens is 4. The second-order valence-corrected chi connectivity index (χ2v) is 7.26. The van der Waals surface area contributed by atoms with Crippen molar-refractivity contribution in [2.75, 3.05) is 7.05 Å². The number of fused-ring (bicyclic) bond motifs is 1. The van der Waals surface area contributed by atoms with E-state index in [2.05, 4.69) is 47.8 Å². The Labute approximate surface area is 164 Å². The monoisotopic (exact) mass is 377 g/mol. The van der Waals surface area contributed by atoms with Crippen LogP contribution in [0, 0.1) is 4.77 Å². The van der Waals surface area contributed by atoms with Crippen LogP contribution >= 0.6 is 12.2 Å². The summed E-state index contributed by atoms with van der Waals surface area (Å²) >= 11 is 5.72. The van der Waals surface area contributed by atoms with E-state index >= 15 is 0 Å². The fraction of sp³-hybridized carbons (Fsp3) is 0.286. The minimum Gasteiger partial charge on any atom is -0.296 e. The molecule has 1 aliphatic carbocycles. The maximum atomic E-state index is 5.72. The van der Waals surface area contributed by atoms with Gasteiger partial charge in [0.2, 0.25) is 0 Å². The lowest BCUT2D eigenvalue weighted by Crippen LogP contribution is -2.26. The summed E-state index contributed by atoms with van der Waals surface area (Å²) in [5.41, 5.74) is 3.83. The summed E-state index contributed by atoms with van der Waals surface area (Å²) < 4.78 is 4.62. The maximum absolute atomic E-state index is 5.72. The smallest absolute Gasteiger partial charge is 0.199 e. The summed E-state index contributed by atoms with van der Waals surface area (Å²) in [6.45, 7) is 5.13. The topological polar surface area (TPSA) is 38.9 Å². The Balaban J connectivity index is 1.65. The zero-order chi connectivity index (χ0) is 18.8. The fourth-order valence-corrected chi connectivity index (χ4v) is 4.10. The number of pyridine rings is 1. The van der Waals surface area contributed by atoms with Gasteiger partial charge in [-0.2, -0.15) is 5.10 Å². The predicted molar refractivity (Wildman–Crippen MR) is 110 cm³/mol. The van der Waals surface area contributed by atoms with E-state index in [1.165, 1.54) is 11.1 Å². The first-order valence-electron chi connectivity index (χ1n) is 9.16. The van der Waals surface area contributed by atoms with Crippen LogP contribution < -0.4 is 0 Å². The molecule has 0 amide bonds. The number of nitrogens with zero attached hydrogens (tertiary/aromatic N) is 5. The lowest BCUT2D eigenvalue weighted by Gasteiger charge is -2.24. The lowest BCUT2D eigenvalue weighted by atomic mass is 10.1. The molecule has 0 N–H and O–H groups in total. The first-order valence-corrected chi connectivity index (χ1v) is 9.57. The molecule has 1 atom stereocenters. The zero-order valence-corrected chi connectivity index (χ0v) is 16.3. The highest BCUT2D eigenvalue weighted by Crippen LogP contribution is 2.35. The van der Waals surface area contributed by atoms with Crippen LogP contribution in [0.15, 0.2) is 61.4 Å². The van der Waals surface area contributed by atoms with Crippen molar-refractivity contribution in [2.45, 2.75) is 32.1 Å². The molecule has 0 aliphatic heterocycles. The van der Waals surface area contributed by atoms with Crippen molar-refractivity contribution in [3.05, 3.63) is 77.3 Å². The van der Waals surface area contributed by atoms with Gasteiger partial charge in [-0.05, 0) is 55.4 Å². The third-order valence-corrected chi connectivity index (χ3v) is 5.58. The molecule has 3 aromatic rings. The van der Waals surface area contributed by atoms with Gasteiger partial charge in [0.1, 0.15) is 0 Å². The third kappa shape index (κ3) is 3.38. The zero-order valence-electron chi connectivity index (χ0n) is 15.5. The van der Waals surface area contributed by atoms with Gasteiger partial charge < -0.3 is 0 Å². The Morgan fingerprint density at radius 2 is 2.15 bits per heavy atom. The van der Waals surface area contributed by atoms with Crippen molar-refractivity contribution in [1.29, 1.82) is 0 Å². The highest BCUT2D eigenvalue weighted by molar-refractivity contribution is 7.71. The van der Waals surface area contributed by atoms with Crippen molar-refractivity contribution >= 4 is 12.2 Å². The normalized spacial score (nSPS) is 15.9. The van der Waals surface area contributed by atoms with Gasteiger partial charge in [0.15, 0.2) is 10.6 Å². The molecule has 2 aromatic heterocycles. The average Bonchev–Trinajstić information content (AvgIpc) is 3.26. The van der Waals surface area contributed by atoms with Crippen LogP contribution in [0.2, 0.25) is 0 Å². The Morgan fingerprint density at radius 1 is 1.30 bits per heavy atom. The first-order chi connectivity index (χ1) is 13.2. The van der Waals surface area contributed by atoms with E-state index in [0.29, 0.717) is 24.0 Å². The summed E-state index contributed by atoms with van der Waals surface area (Å²) in [6, 6.07) is 13.0. The van der Waals surface area contributed by atoms with Gasteiger partial charge in [-0.15, -0.1) is 6.58 Å². The number of rotatable bonds is 6. The van der Waals surface area contributed by atoms with Crippen LogP contribution in [-0.4, -0.2) is 31.3 Å². The quantitative estimate of drug-likeness (QED) is 0.476. The van der Waals surface area contributed by atoms with Crippen LogP contribution in [0.3, 0.4) is 0 Å². The SMILES string of the molecule is C=CCn1c(-c2cccnc2)nn(CN(C)C2CCc3ccccc32)c1=S. The summed E-state index contributed by atoms with van der Waals surface area (Å²) in [4.78, 5) is 6.55. The Morgan fingerprint density at radius 3 is 2.93 bits per heavy atom. The molecule has 1 aromatic carbocycles. The molecule has 138 valence electrons. The largest absolute Gasteiger partial charge is 0.296 e. The molecule has 5 nitrogen and oxygen atoms in total. The Kier molecular flexibility index (Phi) is 5.01. The highest BCUT2D eigenvalue weighted by atomic mass is 32.1. The molecule has 1 aliphatic rings. The molecule has 0 saturated carbocycles. The predicted octanol–water partition coefficient (Wildman–Crippen LogP) is 4.24. The van der Waals surface area contributed by atoms with Gasteiger partial charge in [-0.25, -0.2) is 4.68 Å². The van der Waals surface area contributed by atoms with E-state index in [-0.39, 0.29) is 0 Å². The summed E-state index contributed by atoms with van der Waals surface area (Å²) in [7, 11) is 2.14. The number of aryl methyl sites for hydroxylation is 1. The van der Waals surface area contributed by atoms with Crippen molar-refractivity contribution in [2.24, 2.45) is 0 Å². The van der Waals surface area contributed by atoms with Crippen molar-refractivity contribution in [3.8, 4) is 11.4 Å². The van der Waals surface area contributed by atoms with Gasteiger partial charge in [0.25, 0.3) is 0 Å². The van der Waals surface area contributed by atoms with E-state index in [1.54, 1.807) is 6.20 Å². The summed E-state index contributed by atoms with van der Waals surface area (Å²) in [5, 5.41) is 4.81. The molecule has 27 heavy (non-hydrogen) atoms. The second kappa shape index (κ2) is 7.58. The van der Waals surface area contributed by atoms with Gasteiger partial charge in [0, 0.05) is 30.5 Å². The van der Waals surface area contributed by atoms with Crippen molar-refractivity contribution < 1.29 is 0 Å².